The van der Waals surface area contributed by atoms with Gasteiger partial charge in [0.1, 0.15) is 0 Å². The van der Waals surface area contributed by atoms with Gasteiger partial charge >= 0.3 is 18.0 Å². The van der Waals surface area contributed by atoms with E-state index < -0.39 is 12.0 Å². The lowest BCUT2D eigenvalue weighted by molar-refractivity contribution is -0.140. The first-order valence-electron chi connectivity index (χ1n) is 11.6. The second-order valence-electron chi connectivity index (χ2n) is 8.71. The van der Waals surface area contributed by atoms with E-state index in [9.17, 15) is 14.4 Å². The van der Waals surface area contributed by atoms with Crippen LogP contribution in [0, 0.1) is 5.92 Å². The molecule has 0 spiro atoms. The topological polar surface area (TPSA) is 99.8 Å². The first-order valence-corrected chi connectivity index (χ1v) is 12.4. The maximum atomic E-state index is 13.0. The third-order valence-electron chi connectivity index (χ3n) is 5.44. The van der Waals surface area contributed by atoms with Gasteiger partial charge in [-0.15, -0.1) is 0 Å². The highest BCUT2D eigenvalue weighted by Gasteiger charge is 2.36. The van der Waals surface area contributed by atoms with E-state index in [1.54, 1.807) is 42.2 Å². The third kappa shape index (κ3) is 6.63. The van der Waals surface area contributed by atoms with Crippen molar-refractivity contribution in [1.82, 2.24) is 10.2 Å². The van der Waals surface area contributed by atoms with Crippen molar-refractivity contribution < 1.29 is 19.1 Å². The lowest BCUT2D eigenvalue weighted by Crippen LogP contribution is -2.48. The number of hydrogen-bond acceptors (Lipinski definition) is 4. The van der Waals surface area contributed by atoms with E-state index in [-0.39, 0.29) is 18.0 Å². The van der Waals surface area contributed by atoms with Crippen LogP contribution in [0.15, 0.2) is 64.3 Å². The highest BCUT2D eigenvalue weighted by molar-refractivity contribution is 9.10. The number of ether oxygens (including phenoxy) is 1. The normalized spacial score (nSPS) is 15.7. The van der Waals surface area contributed by atoms with Gasteiger partial charge in [0.15, 0.2) is 0 Å². The van der Waals surface area contributed by atoms with Crippen LogP contribution in [-0.2, 0) is 9.53 Å². The van der Waals surface area contributed by atoms with Crippen LogP contribution in [0.1, 0.15) is 45.7 Å². The van der Waals surface area contributed by atoms with E-state index in [2.05, 4.69) is 31.9 Å². The third-order valence-corrected chi connectivity index (χ3v) is 6.13. The summed E-state index contributed by atoms with van der Waals surface area (Å²) in [5.41, 5.74) is 2.92. The predicted octanol–water partition coefficient (Wildman–Crippen LogP) is 6.04. The summed E-state index contributed by atoms with van der Waals surface area (Å²) in [7, 11) is 0. The first kappa shape index (κ1) is 26.3. The summed E-state index contributed by atoms with van der Waals surface area (Å²) in [6.45, 7) is 8.48. The van der Waals surface area contributed by atoms with Crippen LogP contribution in [0.3, 0.4) is 0 Å². The minimum atomic E-state index is -0.654. The van der Waals surface area contributed by atoms with Crippen LogP contribution in [0.25, 0.3) is 0 Å². The molecule has 3 rings (SSSR count). The summed E-state index contributed by atoms with van der Waals surface area (Å²) in [5.74, 6) is -0.256. The van der Waals surface area contributed by atoms with Gasteiger partial charge < -0.3 is 20.7 Å². The van der Waals surface area contributed by atoms with Gasteiger partial charge in [0.2, 0.25) is 0 Å². The molecule has 8 nitrogen and oxygen atoms in total. The van der Waals surface area contributed by atoms with E-state index in [0.29, 0.717) is 41.4 Å². The fourth-order valence-electron chi connectivity index (χ4n) is 3.71. The number of nitrogens with one attached hydrogen (secondary N) is 3. The zero-order chi connectivity index (χ0) is 25.5. The van der Waals surface area contributed by atoms with Crippen LogP contribution < -0.4 is 16.0 Å². The number of nitrogens with zero attached hydrogens (tertiary/aromatic N) is 1. The van der Waals surface area contributed by atoms with Gasteiger partial charge in [-0.25, -0.2) is 14.4 Å². The standard InChI is InChI=1S/C26H31BrN4O4/c1-5-14-31-17(4)22(24(32)35-15-16(2)3)23(30-26(31)34)18-10-12-19(13-11-18)28-25(33)29-21-9-7-6-8-20(21)27/h6-13,16,23H,5,14-15H2,1-4H3,(H,30,34)(H2,28,29,33). The SMILES string of the molecule is CCCN1C(=O)NC(c2ccc(NC(=O)Nc3ccccc3Br)cc2)C(C(=O)OCC(C)C)=C1C. The molecule has 1 unspecified atom stereocenters. The highest BCUT2D eigenvalue weighted by Crippen LogP contribution is 2.32. The number of halogens is 1. The Kier molecular flexibility index (Phi) is 8.92. The smallest absolute Gasteiger partial charge is 0.338 e. The molecular weight excluding hydrogens is 512 g/mol. The highest BCUT2D eigenvalue weighted by atomic mass is 79.9. The lowest BCUT2D eigenvalue weighted by atomic mass is 9.94. The molecular formula is C26H31BrN4O4. The Labute approximate surface area is 214 Å². The summed E-state index contributed by atoms with van der Waals surface area (Å²) in [6, 6.07) is 13.0. The van der Waals surface area contributed by atoms with E-state index in [4.69, 9.17) is 4.74 Å². The summed E-state index contributed by atoms with van der Waals surface area (Å²) < 4.78 is 6.30. The quantitative estimate of drug-likeness (QED) is 0.354. The number of hydrogen-bond donors (Lipinski definition) is 3. The number of benzene rings is 2. The average Bonchev–Trinajstić information content (AvgIpc) is 2.82. The minimum Gasteiger partial charge on any atom is -0.462 e. The van der Waals surface area contributed by atoms with Gasteiger partial charge in [-0.2, -0.15) is 0 Å². The van der Waals surface area contributed by atoms with Crippen LogP contribution in [0.2, 0.25) is 0 Å². The van der Waals surface area contributed by atoms with Crippen LogP contribution in [0.4, 0.5) is 21.0 Å². The molecule has 1 atom stereocenters. The molecule has 186 valence electrons. The Morgan fingerprint density at radius 1 is 1.11 bits per heavy atom. The van der Waals surface area contributed by atoms with Gasteiger partial charge in [-0.1, -0.05) is 45.0 Å². The number of rotatable bonds is 8. The Balaban J connectivity index is 1.80. The molecule has 0 fully saturated rings. The first-order chi connectivity index (χ1) is 16.7. The Morgan fingerprint density at radius 2 is 1.80 bits per heavy atom. The van der Waals surface area contributed by atoms with E-state index in [1.807, 2.05) is 39.0 Å². The van der Waals surface area contributed by atoms with Crippen molar-refractivity contribution in [2.45, 2.75) is 40.2 Å². The van der Waals surface area contributed by atoms with Crippen molar-refractivity contribution >= 4 is 45.3 Å². The van der Waals surface area contributed by atoms with Crippen molar-refractivity contribution in [3.8, 4) is 0 Å². The number of amides is 4. The number of allylic oxidation sites excluding steroid dienone is 1. The summed E-state index contributed by atoms with van der Waals surface area (Å²) in [4.78, 5) is 39.8. The molecule has 2 aromatic rings. The number of para-hydroxylation sites is 1. The Morgan fingerprint density at radius 3 is 2.43 bits per heavy atom. The predicted molar refractivity (Wildman–Crippen MR) is 140 cm³/mol. The van der Waals surface area contributed by atoms with Crippen molar-refractivity contribution in [2.75, 3.05) is 23.8 Å². The molecule has 0 saturated carbocycles. The van der Waals surface area contributed by atoms with Crippen molar-refractivity contribution in [2.24, 2.45) is 5.92 Å². The average molecular weight is 543 g/mol. The summed E-state index contributed by atoms with van der Waals surface area (Å²) >= 11 is 3.40. The van der Waals surface area contributed by atoms with Gasteiger partial charge in [-0.3, -0.25) is 4.90 Å². The Bertz CT molecular complexity index is 1110. The van der Waals surface area contributed by atoms with Crippen molar-refractivity contribution in [1.29, 1.82) is 0 Å². The van der Waals surface area contributed by atoms with Crippen LogP contribution >= 0.6 is 15.9 Å². The van der Waals surface area contributed by atoms with Gasteiger partial charge in [0.25, 0.3) is 0 Å². The van der Waals surface area contributed by atoms with Gasteiger partial charge in [0, 0.05) is 22.4 Å². The largest absolute Gasteiger partial charge is 0.462 e. The molecule has 1 heterocycles. The molecule has 35 heavy (non-hydrogen) atoms. The second kappa shape index (κ2) is 11.9. The molecule has 0 radical (unpaired) electrons. The molecule has 3 N–H and O–H groups in total. The van der Waals surface area contributed by atoms with Crippen molar-refractivity contribution in [3.63, 3.8) is 0 Å². The fraction of sp³-hybridized carbons (Fsp3) is 0.346. The summed E-state index contributed by atoms with van der Waals surface area (Å²) in [6.07, 6.45) is 0.756. The minimum absolute atomic E-state index is 0.191. The van der Waals surface area contributed by atoms with Crippen LogP contribution in [0.5, 0.6) is 0 Å². The molecule has 0 aliphatic carbocycles. The molecule has 1 aliphatic heterocycles. The van der Waals surface area contributed by atoms with Crippen molar-refractivity contribution in [3.05, 3.63) is 69.8 Å². The number of carbonyl (C=O) groups excluding carboxylic acids is 3. The van der Waals surface area contributed by atoms with E-state index in [0.717, 1.165) is 10.9 Å². The molecule has 9 heteroatoms. The van der Waals surface area contributed by atoms with Gasteiger partial charge in [0.05, 0.1) is 23.9 Å². The summed E-state index contributed by atoms with van der Waals surface area (Å²) in [5, 5.41) is 8.51. The number of esters is 1. The molecule has 1 aliphatic rings. The monoisotopic (exact) mass is 542 g/mol. The van der Waals surface area contributed by atoms with E-state index in [1.165, 1.54) is 0 Å². The zero-order valence-electron chi connectivity index (χ0n) is 20.4. The second-order valence-corrected chi connectivity index (χ2v) is 9.56. The fourth-order valence-corrected chi connectivity index (χ4v) is 4.10. The molecule has 4 amide bonds. The molecule has 0 bridgehead atoms. The maximum Gasteiger partial charge on any atom is 0.338 e. The number of anilines is 2. The maximum absolute atomic E-state index is 13.0. The van der Waals surface area contributed by atoms with Crippen LogP contribution in [-0.4, -0.2) is 36.1 Å². The van der Waals surface area contributed by atoms with E-state index >= 15 is 0 Å². The lowest BCUT2D eigenvalue weighted by Gasteiger charge is -2.35. The number of carbonyl (C=O) groups is 3. The zero-order valence-corrected chi connectivity index (χ0v) is 21.9. The number of urea groups is 2. The Hall–Kier alpha value is -3.33. The van der Waals surface area contributed by atoms with Gasteiger partial charge in [-0.05, 0) is 65.0 Å². The molecule has 0 saturated heterocycles. The molecule has 0 aromatic heterocycles. The molecule has 2 aromatic carbocycles.